The van der Waals surface area contributed by atoms with Crippen LogP contribution >= 0.6 is 0 Å². The summed E-state index contributed by atoms with van der Waals surface area (Å²) in [5.41, 5.74) is 2.07. The van der Waals surface area contributed by atoms with Gasteiger partial charge in [0.2, 0.25) is 15.8 Å². The maximum absolute atomic E-state index is 11.6. The van der Waals surface area contributed by atoms with Crippen molar-refractivity contribution in [2.45, 2.75) is 6.92 Å². The highest BCUT2D eigenvalue weighted by atomic mass is 32.2. The van der Waals surface area contributed by atoms with E-state index in [-0.39, 0.29) is 5.75 Å². The fourth-order valence-corrected chi connectivity index (χ4v) is 3.12. The fourth-order valence-electron chi connectivity index (χ4n) is 2.48. The van der Waals surface area contributed by atoms with Crippen molar-refractivity contribution in [1.82, 2.24) is 10.1 Å². The van der Waals surface area contributed by atoms with Gasteiger partial charge in [-0.2, -0.15) is 4.98 Å². The van der Waals surface area contributed by atoms with E-state index < -0.39 is 10.0 Å². The molecule has 3 aromatic rings. The van der Waals surface area contributed by atoms with Crippen molar-refractivity contribution in [3.63, 3.8) is 0 Å². The monoisotopic (exact) mass is 415 g/mol. The minimum Gasteiger partial charge on any atom is -0.493 e. The molecule has 2 aromatic carbocycles. The van der Waals surface area contributed by atoms with Gasteiger partial charge in [0.25, 0.3) is 5.89 Å². The molecule has 0 amide bonds. The van der Waals surface area contributed by atoms with Gasteiger partial charge in [-0.05, 0) is 55.0 Å². The highest BCUT2D eigenvalue weighted by Gasteiger charge is 2.10. The Morgan fingerprint density at radius 3 is 2.41 bits per heavy atom. The second-order valence-corrected chi connectivity index (χ2v) is 8.00. The van der Waals surface area contributed by atoms with E-state index in [1.165, 1.54) is 0 Å². The van der Waals surface area contributed by atoms with Crippen LogP contribution in [0.2, 0.25) is 0 Å². The first-order valence-corrected chi connectivity index (χ1v) is 10.4. The van der Waals surface area contributed by atoms with Crippen LogP contribution in [0, 0.1) is 0 Å². The number of methoxy groups -OCH3 is 2. The average Bonchev–Trinajstić information content (AvgIpc) is 3.21. The fraction of sp³-hybridized carbons (Fsp3) is 0.200. The summed E-state index contributed by atoms with van der Waals surface area (Å²) in [5, 5.41) is 3.96. The first-order chi connectivity index (χ1) is 13.9. The number of rotatable bonds is 8. The average molecular weight is 415 g/mol. The van der Waals surface area contributed by atoms with Gasteiger partial charge in [0, 0.05) is 17.3 Å². The van der Waals surface area contributed by atoms with E-state index in [0.717, 1.165) is 5.56 Å². The van der Waals surface area contributed by atoms with Crippen molar-refractivity contribution in [2.75, 3.05) is 24.7 Å². The van der Waals surface area contributed by atoms with Gasteiger partial charge >= 0.3 is 0 Å². The molecule has 29 heavy (non-hydrogen) atoms. The van der Waals surface area contributed by atoms with Crippen LogP contribution in [0.4, 0.5) is 5.69 Å². The molecule has 0 aliphatic rings. The third-order valence-corrected chi connectivity index (χ3v) is 5.37. The van der Waals surface area contributed by atoms with Crippen LogP contribution < -0.4 is 14.2 Å². The number of anilines is 1. The molecule has 0 aliphatic heterocycles. The van der Waals surface area contributed by atoms with Crippen LogP contribution in [0.3, 0.4) is 0 Å². The van der Waals surface area contributed by atoms with Gasteiger partial charge in [0.1, 0.15) is 0 Å². The Bertz CT molecular complexity index is 1110. The van der Waals surface area contributed by atoms with Crippen molar-refractivity contribution in [3.8, 4) is 22.9 Å². The van der Waals surface area contributed by atoms with Crippen LogP contribution in [0.1, 0.15) is 18.4 Å². The number of ether oxygens (including phenoxy) is 2. The zero-order chi connectivity index (χ0) is 20.9. The molecule has 152 valence electrons. The number of sulfonamides is 1. The highest BCUT2D eigenvalue weighted by Crippen LogP contribution is 2.28. The number of aromatic nitrogens is 2. The summed E-state index contributed by atoms with van der Waals surface area (Å²) >= 11 is 0. The van der Waals surface area contributed by atoms with Crippen molar-refractivity contribution in [2.24, 2.45) is 0 Å². The van der Waals surface area contributed by atoms with E-state index in [4.69, 9.17) is 14.0 Å². The Morgan fingerprint density at radius 1 is 1.03 bits per heavy atom. The second-order valence-electron chi connectivity index (χ2n) is 5.99. The molecular formula is C20H21N3O5S. The molecule has 0 saturated heterocycles. The van der Waals surface area contributed by atoms with E-state index in [2.05, 4.69) is 14.9 Å². The van der Waals surface area contributed by atoms with E-state index >= 15 is 0 Å². The molecule has 3 rings (SSSR count). The largest absolute Gasteiger partial charge is 0.493 e. The second kappa shape index (κ2) is 8.78. The molecule has 0 bridgehead atoms. The summed E-state index contributed by atoms with van der Waals surface area (Å²) in [7, 11) is -0.155. The molecule has 0 spiro atoms. The van der Waals surface area contributed by atoms with Gasteiger partial charge in [-0.25, -0.2) is 8.42 Å². The Labute approximate surface area is 169 Å². The molecule has 8 nitrogen and oxygen atoms in total. The molecule has 0 saturated carbocycles. The third-order valence-electron chi connectivity index (χ3n) is 4.06. The molecule has 9 heteroatoms. The lowest BCUT2D eigenvalue weighted by Crippen LogP contribution is -2.14. The first kappa shape index (κ1) is 20.4. The van der Waals surface area contributed by atoms with Crippen molar-refractivity contribution >= 4 is 27.9 Å². The molecule has 0 radical (unpaired) electrons. The van der Waals surface area contributed by atoms with Gasteiger partial charge in [0.05, 0.1) is 20.0 Å². The van der Waals surface area contributed by atoms with Crippen LogP contribution in [0.15, 0.2) is 47.0 Å². The van der Waals surface area contributed by atoms with Crippen LogP contribution in [0.5, 0.6) is 11.5 Å². The Hall–Kier alpha value is -3.33. The van der Waals surface area contributed by atoms with Crippen LogP contribution in [-0.2, 0) is 10.0 Å². The Morgan fingerprint density at radius 2 is 1.76 bits per heavy atom. The SMILES string of the molecule is CCS(=O)(=O)Nc1ccc(-c2noc(/C=C/c3ccc(OC)c(OC)c3)n2)cc1. The lowest BCUT2D eigenvalue weighted by molar-refractivity contribution is 0.355. The molecule has 0 unspecified atom stereocenters. The summed E-state index contributed by atoms with van der Waals surface area (Å²) in [6.07, 6.45) is 3.52. The number of hydrogen-bond donors (Lipinski definition) is 1. The number of nitrogens with one attached hydrogen (secondary N) is 1. The molecule has 0 aliphatic carbocycles. The molecule has 1 aromatic heterocycles. The maximum atomic E-state index is 11.6. The molecule has 0 atom stereocenters. The summed E-state index contributed by atoms with van der Waals surface area (Å²) in [6, 6.07) is 12.3. The lowest BCUT2D eigenvalue weighted by Gasteiger charge is -2.07. The number of hydrogen-bond acceptors (Lipinski definition) is 7. The summed E-state index contributed by atoms with van der Waals surface area (Å²) in [4.78, 5) is 4.33. The van der Waals surface area contributed by atoms with Gasteiger partial charge in [-0.1, -0.05) is 11.2 Å². The van der Waals surface area contributed by atoms with E-state index in [0.29, 0.717) is 34.5 Å². The summed E-state index contributed by atoms with van der Waals surface area (Å²) in [5.74, 6) is 2.02. The molecule has 1 N–H and O–H groups in total. The molecular weight excluding hydrogens is 394 g/mol. The zero-order valence-electron chi connectivity index (χ0n) is 16.2. The quantitative estimate of drug-likeness (QED) is 0.598. The van der Waals surface area contributed by atoms with Crippen LogP contribution in [0.25, 0.3) is 23.5 Å². The molecule has 0 fully saturated rings. The molecule has 1 heterocycles. The lowest BCUT2D eigenvalue weighted by atomic mass is 10.2. The maximum Gasteiger partial charge on any atom is 0.250 e. The van der Waals surface area contributed by atoms with Gasteiger partial charge in [-0.3, -0.25) is 4.72 Å². The predicted octanol–water partition coefficient (Wildman–Crippen LogP) is 3.69. The van der Waals surface area contributed by atoms with Crippen molar-refractivity contribution in [3.05, 3.63) is 53.9 Å². The van der Waals surface area contributed by atoms with Gasteiger partial charge in [-0.15, -0.1) is 0 Å². The highest BCUT2D eigenvalue weighted by molar-refractivity contribution is 7.92. The van der Waals surface area contributed by atoms with Gasteiger partial charge < -0.3 is 14.0 Å². The Kier molecular flexibility index (Phi) is 6.18. The Balaban J connectivity index is 1.73. The third kappa shape index (κ3) is 5.14. The minimum atomic E-state index is -3.31. The standard InChI is InChI=1S/C20H21N3O5S/c1-4-29(24,25)23-16-9-7-15(8-10-16)20-21-19(28-22-20)12-6-14-5-11-17(26-2)18(13-14)27-3/h5-13,23H,4H2,1-3H3/b12-6+. The summed E-state index contributed by atoms with van der Waals surface area (Å²) in [6.45, 7) is 1.58. The minimum absolute atomic E-state index is 0.00928. The van der Waals surface area contributed by atoms with E-state index in [9.17, 15) is 8.42 Å². The van der Waals surface area contributed by atoms with E-state index in [1.807, 2.05) is 24.3 Å². The predicted molar refractivity (Wildman–Crippen MR) is 111 cm³/mol. The number of benzene rings is 2. The van der Waals surface area contributed by atoms with E-state index in [1.54, 1.807) is 51.5 Å². The topological polar surface area (TPSA) is 104 Å². The smallest absolute Gasteiger partial charge is 0.250 e. The van der Waals surface area contributed by atoms with Crippen LogP contribution in [-0.4, -0.2) is 38.5 Å². The van der Waals surface area contributed by atoms with Gasteiger partial charge in [0.15, 0.2) is 11.5 Å². The zero-order valence-corrected chi connectivity index (χ0v) is 17.1. The first-order valence-electron chi connectivity index (χ1n) is 8.79. The van der Waals surface area contributed by atoms with Crippen molar-refractivity contribution < 1.29 is 22.4 Å². The summed E-state index contributed by atoms with van der Waals surface area (Å²) < 4.78 is 41.5. The van der Waals surface area contributed by atoms with Crippen molar-refractivity contribution in [1.29, 1.82) is 0 Å². The normalized spacial score (nSPS) is 11.6. The number of nitrogens with zero attached hydrogens (tertiary/aromatic N) is 2.